The van der Waals surface area contributed by atoms with Crippen LogP contribution in [0.3, 0.4) is 0 Å². The van der Waals surface area contributed by atoms with Gasteiger partial charge in [0, 0.05) is 59.4 Å². The number of H-pyrrole nitrogens is 1. The minimum Gasteiger partial charge on any atom is -0.381 e. The zero-order chi connectivity index (χ0) is 20.4. The first kappa shape index (κ1) is 19.4. The third-order valence-electron chi connectivity index (χ3n) is 5.60. The number of amides is 1. The topological polar surface area (TPSA) is 97.3 Å². The summed E-state index contributed by atoms with van der Waals surface area (Å²) < 4.78 is 5.53. The number of nitrogens with one attached hydrogen (secondary N) is 2. The molecule has 1 amide bonds. The molecule has 29 heavy (non-hydrogen) atoms. The van der Waals surface area contributed by atoms with Gasteiger partial charge in [0.1, 0.15) is 0 Å². The number of aromatic nitrogens is 1. The van der Waals surface area contributed by atoms with Crippen LogP contribution in [0, 0.1) is 10.1 Å². The van der Waals surface area contributed by atoms with Crippen molar-refractivity contribution in [2.45, 2.75) is 18.3 Å². The van der Waals surface area contributed by atoms with E-state index in [2.05, 4.69) is 10.3 Å². The number of nitro benzene ring substituents is 1. The van der Waals surface area contributed by atoms with Crippen LogP contribution in [0.4, 0.5) is 5.69 Å². The molecular weight excluding hydrogens is 394 g/mol. The number of carbonyl (C=O) groups is 1. The third-order valence-corrected chi connectivity index (χ3v) is 5.83. The summed E-state index contributed by atoms with van der Waals surface area (Å²) in [6.07, 6.45) is 3.12. The SMILES string of the molecule is O=C(NCC1(c2cccc(Cl)c2)CCOCC1)c1c[nH]c2ccc([N+](=O)[O-])cc12. The zero-order valence-corrected chi connectivity index (χ0v) is 16.4. The number of nitro groups is 1. The number of non-ortho nitro benzene ring substituents is 1. The summed E-state index contributed by atoms with van der Waals surface area (Å²) in [5, 5.41) is 15.3. The van der Waals surface area contributed by atoms with Gasteiger partial charge in [-0.2, -0.15) is 0 Å². The standard InChI is InChI=1S/C21H20ClN3O4/c22-15-3-1-2-14(10-15)21(6-8-29-9-7-21)13-24-20(26)18-12-23-19-5-4-16(25(27)28)11-17(18)19/h1-5,10-12,23H,6-9,13H2,(H,24,26). The van der Waals surface area contributed by atoms with E-state index in [4.69, 9.17) is 16.3 Å². The Morgan fingerprint density at radius 1 is 1.24 bits per heavy atom. The second-order valence-corrected chi connectivity index (χ2v) is 7.71. The number of aromatic amines is 1. The lowest BCUT2D eigenvalue weighted by Crippen LogP contribution is -2.44. The van der Waals surface area contributed by atoms with Gasteiger partial charge in [0.25, 0.3) is 11.6 Å². The Labute approximate surface area is 172 Å². The number of fused-ring (bicyclic) bond motifs is 1. The van der Waals surface area contributed by atoms with Gasteiger partial charge in [-0.05, 0) is 36.6 Å². The Hall–Kier alpha value is -2.90. The Bertz CT molecular complexity index is 1070. The summed E-state index contributed by atoms with van der Waals surface area (Å²) in [5.41, 5.74) is 1.82. The van der Waals surface area contributed by atoms with Crippen LogP contribution >= 0.6 is 11.6 Å². The molecule has 3 aromatic rings. The van der Waals surface area contributed by atoms with Gasteiger partial charge in [0.15, 0.2) is 0 Å². The largest absolute Gasteiger partial charge is 0.381 e. The maximum absolute atomic E-state index is 12.9. The molecule has 0 bridgehead atoms. The maximum Gasteiger partial charge on any atom is 0.270 e. The summed E-state index contributed by atoms with van der Waals surface area (Å²) in [6, 6.07) is 12.1. The van der Waals surface area contributed by atoms with Gasteiger partial charge in [-0.25, -0.2) is 0 Å². The zero-order valence-electron chi connectivity index (χ0n) is 15.6. The lowest BCUT2D eigenvalue weighted by molar-refractivity contribution is -0.384. The third kappa shape index (κ3) is 3.83. The summed E-state index contributed by atoms with van der Waals surface area (Å²) in [5.74, 6) is -0.273. The van der Waals surface area contributed by atoms with E-state index in [1.165, 1.54) is 12.1 Å². The summed E-state index contributed by atoms with van der Waals surface area (Å²) in [6.45, 7) is 1.65. The van der Waals surface area contributed by atoms with Crippen LogP contribution in [0.15, 0.2) is 48.7 Å². The number of benzene rings is 2. The Kier molecular flexibility index (Phi) is 5.25. The van der Waals surface area contributed by atoms with Crippen LogP contribution < -0.4 is 5.32 Å². The van der Waals surface area contributed by atoms with E-state index >= 15 is 0 Å². The minimum absolute atomic E-state index is 0.0500. The van der Waals surface area contributed by atoms with Crippen molar-refractivity contribution in [1.29, 1.82) is 0 Å². The van der Waals surface area contributed by atoms with E-state index < -0.39 is 4.92 Å². The lowest BCUT2D eigenvalue weighted by atomic mass is 9.74. The van der Waals surface area contributed by atoms with Crippen LogP contribution in [0.1, 0.15) is 28.8 Å². The first-order valence-corrected chi connectivity index (χ1v) is 9.74. The van der Waals surface area contributed by atoms with Gasteiger partial charge in [0.2, 0.25) is 0 Å². The molecule has 0 atom stereocenters. The summed E-state index contributed by atoms with van der Waals surface area (Å²) in [7, 11) is 0. The number of hydrogen-bond donors (Lipinski definition) is 2. The van der Waals surface area contributed by atoms with Crippen LogP contribution in [-0.4, -0.2) is 35.6 Å². The number of nitrogens with zero attached hydrogens (tertiary/aromatic N) is 1. The van der Waals surface area contributed by atoms with Gasteiger partial charge in [-0.3, -0.25) is 14.9 Å². The van der Waals surface area contributed by atoms with Crippen molar-refractivity contribution in [2.24, 2.45) is 0 Å². The monoisotopic (exact) mass is 413 g/mol. The Balaban J connectivity index is 1.60. The van der Waals surface area contributed by atoms with Crippen molar-refractivity contribution >= 4 is 34.1 Å². The van der Waals surface area contributed by atoms with Crippen LogP contribution in [0.5, 0.6) is 0 Å². The molecule has 8 heteroatoms. The fourth-order valence-corrected chi connectivity index (χ4v) is 4.09. The molecule has 2 N–H and O–H groups in total. The Morgan fingerprint density at radius 3 is 2.76 bits per heavy atom. The first-order valence-electron chi connectivity index (χ1n) is 9.36. The normalized spacial score (nSPS) is 15.9. The highest BCUT2D eigenvalue weighted by Gasteiger charge is 2.35. The van der Waals surface area contributed by atoms with E-state index in [0.29, 0.717) is 41.2 Å². The highest BCUT2D eigenvalue weighted by atomic mass is 35.5. The molecule has 0 spiro atoms. The van der Waals surface area contributed by atoms with Gasteiger partial charge in [-0.1, -0.05) is 23.7 Å². The fraction of sp³-hybridized carbons (Fsp3) is 0.286. The average Bonchev–Trinajstić information content (AvgIpc) is 3.16. The quantitative estimate of drug-likeness (QED) is 0.483. The highest BCUT2D eigenvalue weighted by molar-refractivity contribution is 6.30. The molecule has 0 aliphatic carbocycles. The molecule has 0 saturated carbocycles. The average molecular weight is 414 g/mol. The molecule has 1 saturated heterocycles. The van der Waals surface area contributed by atoms with Crippen molar-refractivity contribution in [3.8, 4) is 0 Å². The minimum atomic E-state index is -0.468. The number of hydrogen-bond acceptors (Lipinski definition) is 4. The second kappa shape index (κ2) is 7.85. The van der Waals surface area contributed by atoms with Crippen molar-refractivity contribution in [3.05, 3.63) is 74.9 Å². The smallest absolute Gasteiger partial charge is 0.270 e. The predicted octanol–water partition coefficient (Wildman–Crippen LogP) is 4.21. The molecular formula is C21H20ClN3O4. The van der Waals surface area contributed by atoms with Crippen LogP contribution in [0.2, 0.25) is 5.02 Å². The van der Waals surface area contributed by atoms with Gasteiger partial charge < -0.3 is 15.0 Å². The Morgan fingerprint density at radius 2 is 2.03 bits per heavy atom. The van der Waals surface area contributed by atoms with Gasteiger partial charge >= 0.3 is 0 Å². The summed E-state index contributed by atoms with van der Waals surface area (Å²) >= 11 is 6.20. The lowest BCUT2D eigenvalue weighted by Gasteiger charge is -2.38. The van der Waals surface area contributed by atoms with E-state index in [-0.39, 0.29) is 17.0 Å². The van der Waals surface area contributed by atoms with Crippen LogP contribution in [0.25, 0.3) is 10.9 Å². The molecule has 1 aromatic heterocycles. The van der Waals surface area contributed by atoms with E-state index in [1.807, 2.05) is 24.3 Å². The second-order valence-electron chi connectivity index (χ2n) is 7.28. The molecule has 150 valence electrons. The fourth-order valence-electron chi connectivity index (χ4n) is 3.90. The molecule has 0 radical (unpaired) electrons. The van der Waals surface area contributed by atoms with Crippen molar-refractivity contribution in [2.75, 3.05) is 19.8 Å². The molecule has 0 unspecified atom stereocenters. The van der Waals surface area contributed by atoms with E-state index in [1.54, 1.807) is 12.3 Å². The van der Waals surface area contributed by atoms with Gasteiger partial charge in [-0.15, -0.1) is 0 Å². The molecule has 1 aliphatic heterocycles. The number of carbonyl (C=O) groups excluding carboxylic acids is 1. The number of ether oxygens (including phenoxy) is 1. The first-order chi connectivity index (χ1) is 14.0. The number of halogens is 1. The van der Waals surface area contributed by atoms with Crippen molar-refractivity contribution < 1.29 is 14.5 Å². The van der Waals surface area contributed by atoms with Crippen molar-refractivity contribution in [1.82, 2.24) is 10.3 Å². The van der Waals surface area contributed by atoms with Crippen LogP contribution in [-0.2, 0) is 10.2 Å². The predicted molar refractivity (Wildman–Crippen MR) is 110 cm³/mol. The number of rotatable bonds is 5. The molecule has 4 rings (SSSR count). The summed E-state index contributed by atoms with van der Waals surface area (Å²) in [4.78, 5) is 26.5. The van der Waals surface area contributed by atoms with E-state index in [9.17, 15) is 14.9 Å². The van der Waals surface area contributed by atoms with Crippen molar-refractivity contribution in [3.63, 3.8) is 0 Å². The highest BCUT2D eigenvalue weighted by Crippen LogP contribution is 2.35. The molecule has 1 fully saturated rings. The molecule has 7 nitrogen and oxygen atoms in total. The molecule has 1 aliphatic rings. The molecule has 2 heterocycles. The molecule has 2 aromatic carbocycles. The van der Waals surface area contributed by atoms with Gasteiger partial charge in [0.05, 0.1) is 10.5 Å². The maximum atomic E-state index is 12.9. The van der Waals surface area contributed by atoms with E-state index in [0.717, 1.165) is 18.4 Å².